The maximum Gasteiger partial charge on any atom is 0.387 e. The number of hydrogen-bond acceptors (Lipinski definition) is 3. The first kappa shape index (κ1) is 17.5. The van der Waals surface area contributed by atoms with Crippen molar-refractivity contribution in [3.8, 4) is 5.75 Å². The summed E-state index contributed by atoms with van der Waals surface area (Å²) >= 11 is 0. The van der Waals surface area contributed by atoms with Crippen LogP contribution in [0, 0.1) is 0 Å². The predicted octanol–water partition coefficient (Wildman–Crippen LogP) is 2.91. The summed E-state index contributed by atoms with van der Waals surface area (Å²) < 4.78 is 29.6. The number of likely N-dealkylation sites (tertiary alicyclic amines) is 1. The molecule has 0 bridgehead atoms. The minimum atomic E-state index is -2.92. The van der Waals surface area contributed by atoms with Gasteiger partial charge >= 0.3 is 12.6 Å². The molecule has 1 aliphatic heterocycles. The highest BCUT2D eigenvalue weighted by atomic mass is 19.3. The Morgan fingerprint density at radius 1 is 1.48 bits per heavy atom. The second kappa shape index (κ2) is 8.10. The summed E-state index contributed by atoms with van der Waals surface area (Å²) in [5.41, 5.74) is 0.517. The normalized spacial score (nSPS) is 19.0. The molecule has 7 heteroatoms. The van der Waals surface area contributed by atoms with Crippen molar-refractivity contribution < 1.29 is 23.4 Å². The van der Waals surface area contributed by atoms with Crippen molar-refractivity contribution in [2.24, 2.45) is 0 Å². The van der Waals surface area contributed by atoms with E-state index in [0.29, 0.717) is 18.5 Å². The number of nitrogens with zero attached hydrogens (tertiary/aromatic N) is 1. The lowest BCUT2D eigenvalue weighted by Gasteiger charge is -2.27. The van der Waals surface area contributed by atoms with Gasteiger partial charge < -0.3 is 20.1 Å². The third-order valence-corrected chi connectivity index (χ3v) is 4.07. The number of carbonyl (C=O) groups is 1. The lowest BCUT2D eigenvalue weighted by atomic mass is 10.0. The number of alkyl halides is 2. The van der Waals surface area contributed by atoms with Crippen LogP contribution in [-0.2, 0) is 0 Å². The van der Waals surface area contributed by atoms with Crippen LogP contribution in [0.5, 0.6) is 5.75 Å². The summed E-state index contributed by atoms with van der Waals surface area (Å²) in [6.07, 6.45) is 2.15. The molecule has 0 aromatic heterocycles. The Hall–Kier alpha value is -1.89. The maximum atomic E-state index is 12.5. The molecule has 2 N–H and O–H groups in total. The first-order valence-electron chi connectivity index (χ1n) is 7.78. The molecule has 1 heterocycles. The van der Waals surface area contributed by atoms with E-state index in [1.807, 2.05) is 6.92 Å². The van der Waals surface area contributed by atoms with E-state index in [-0.39, 0.29) is 24.4 Å². The van der Waals surface area contributed by atoms with Crippen molar-refractivity contribution in [1.82, 2.24) is 10.2 Å². The van der Waals surface area contributed by atoms with Crippen LogP contribution in [0.15, 0.2) is 24.3 Å². The standard InChI is InChI=1S/C16H22F2N2O3/c1-2-13(12-7-3-4-8-14(12)23-15(17)18)19-16(22)20-9-5-6-11(20)10-21/h3-4,7-8,11,13,15,21H,2,5-6,9-10H2,1H3,(H,19,22)/t11-,13?/m0/s1. The second-order valence-corrected chi connectivity index (χ2v) is 5.50. The quantitative estimate of drug-likeness (QED) is 0.844. The fraction of sp³-hybridized carbons (Fsp3) is 0.562. The molecular formula is C16H22F2N2O3. The summed E-state index contributed by atoms with van der Waals surface area (Å²) in [5, 5.41) is 12.2. The van der Waals surface area contributed by atoms with Gasteiger partial charge in [0.25, 0.3) is 0 Å². The van der Waals surface area contributed by atoms with Crippen molar-refractivity contribution in [2.75, 3.05) is 13.2 Å². The van der Waals surface area contributed by atoms with Gasteiger partial charge in [0.2, 0.25) is 0 Å². The molecule has 1 saturated heterocycles. The molecule has 0 aliphatic carbocycles. The Labute approximate surface area is 134 Å². The van der Waals surface area contributed by atoms with Gasteiger partial charge in [0.1, 0.15) is 5.75 Å². The highest BCUT2D eigenvalue weighted by Crippen LogP contribution is 2.29. The number of para-hydroxylation sites is 1. The van der Waals surface area contributed by atoms with Gasteiger partial charge in [0.15, 0.2) is 0 Å². The fourth-order valence-corrected chi connectivity index (χ4v) is 2.90. The largest absolute Gasteiger partial charge is 0.434 e. The van der Waals surface area contributed by atoms with Gasteiger partial charge in [0.05, 0.1) is 18.7 Å². The number of halogens is 2. The molecule has 128 valence electrons. The summed E-state index contributed by atoms with van der Waals surface area (Å²) in [4.78, 5) is 14.0. The zero-order valence-corrected chi connectivity index (χ0v) is 13.0. The van der Waals surface area contributed by atoms with Gasteiger partial charge in [-0.25, -0.2) is 4.79 Å². The van der Waals surface area contributed by atoms with E-state index < -0.39 is 12.7 Å². The number of ether oxygens (including phenoxy) is 1. The Bertz CT molecular complexity index is 528. The van der Waals surface area contributed by atoms with Gasteiger partial charge in [-0.1, -0.05) is 25.1 Å². The molecule has 0 saturated carbocycles. The first-order valence-corrected chi connectivity index (χ1v) is 7.78. The average molecular weight is 328 g/mol. The SMILES string of the molecule is CCC(NC(=O)N1CCC[C@H]1CO)c1ccccc1OC(F)F. The molecular weight excluding hydrogens is 306 g/mol. The van der Waals surface area contributed by atoms with Crippen LogP contribution < -0.4 is 10.1 Å². The third-order valence-electron chi connectivity index (χ3n) is 4.07. The number of amides is 2. The Kier molecular flexibility index (Phi) is 6.15. The number of nitrogens with one attached hydrogen (secondary N) is 1. The van der Waals surface area contributed by atoms with Gasteiger partial charge in [-0.2, -0.15) is 8.78 Å². The topological polar surface area (TPSA) is 61.8 Å². The molecule has 1 unspecified atom stereocenters. The number of carbonyl (C=O) groups excluding carboxylic acids is 1. The lowest BCUT2D eigenvalue weighted by molar-refractivity contribution is -0.0507. The van der Waals surface area contributed by atoms with Gasteiger partial charge in [-0.15, -0.1) is 0 Å². The van der Waals surface area contributed by atoms with E-state index in [9.17, 15) is 18.7 Å². The Morgan fingerprint density at radius 2 is 2.22 bits per heavy atom. The number of benzene rings is 1. The van der Waals surface area contributed by atoms with Crippen molar-refractivity contribution in [1.29, 1.82) is 0 Å². The van der Waals surface area contributed by atoms with Crippen molar-refractivity contribution in [3.05, 3.63) is 29.8 Å². The fourth-order valence-electron chi connectivity index (χ4n) is 2.90. The molecule has 0 radical (unpaired) electrons. The van der Waals surface area contributed by atoms with Crippen LogP contribution in [0.2, 0.25) is 0 Å². The molecule has 2 rings (SSSR count). The zero-order valence-electron chi connectivity index (χ0n) is 13.0. The number of aliphatic hydroxyl groups is 1. The third kappa shape index (κ3) is 4.31. The molecule has 1 aromatic rings. The maximum absolute atomic E-state index is 12.5. The van der Waals surface area contributed by atoms with Gasteiger partial charge in [0, 0.05) is 12.1 Å². The zero-order chi connectivity index (χ0) is 16.8. The summed E-state index contributed by atoms with van der Waals surface area (Å²) in [6.45, 7) is -0.544. The Morgan fingerprint density at radius 3 is 2.87 bits per heavy atom. The summed E-state index contributed by atoms with van der Waals surface area (Å²) in [5.74, 6) is 0.0646. The summed E-state index contributed by atoms with van der Waals surface area (Å²) in [7, 11) is 0. The monoisotopic (exact) mass is 328 g/mol. The average Bonchev–Trinajstić information content (AvgIpc) is 3.01. The molecule has 0 spiro atoms. The van der Waals surface area contributed by atoms with Crippen LogP contribution in [0.1, 0.15) is 37.8 Å². The Balaban J connectivity index is 2.12. The van der Waals surface area contributed by atoms with E-state index >= 15 is 0 Å². The van der Waals surface area contributed by atoms with E-state index in [1.165, 1.54) is 6.07 Å². The van der Waals surface area contributed by atoms with Crippen LogP contribution >= 0.6 is 0 Å². The van der Waals surface area contributed by atoms with Gasteiger partial charge in [-0.3, -0.25) is 0 Å². The highest BCUT2D eigenvalue weighted by Gasteiger charge is 2.29. The van der Waals surface area contributed by atoms with E-state index in [4.69, 9.17) is 0 Å². The van der Waals surface area contributed by atoms with Crippen molar-refractivity contribution in [2.45, 2.75) is 44.9 Å². The minimum absolute atomic E-state index is 0.0646. The van der Waals surface area contributed by atoms with Crippen LogP contribution in [-0.4, -0.2) is 41.8 Å². The second-order valence-electron chi connectivity index (χ2n) is 5.50. The number of hydrogen-bond donors (Lipinski definition) is 2. The smallest absolute Gasteiger partial charge is 0.387 e. The molecule has 2 amide bonds. The number of aliphatic hydroxyl groups excluding tert-OH is 1. The number of urea groups is 1. The highest BCUT2D eigenvalue weighted by molar-refractivity contribution is 5.75. The lowest BCUT2D eigenvalue weighted by Crippen LogP contribution is -2.45. The van der Waals surface area contributed by atoms with E-state index in [2.05, 4.69) is 10.1 Å². The van der Waals surface area contributed by atoms with Crippen molar-refractivity contribution in [3.63, 3.8) is 0 Å². The predicted molar refractivity (Wildman–Crippen MR) is 81.5 cm³/mol. The van der Waals surface area contributed by atoms with Crippen LogP contribution in [0.4, 0.5) is 13.6 Å². The molecule has 1 aliphatic rings. The van der Waals surface area contributed by atoms with E-state index in [0.717, 1.165) is 12.8 Å². The van der Waals surface area contributed by atoms with E-state index in [1.54, 1.807) is 23.1 Å². The first-order chi connectivity index (χ1) is 11.1. The molecule has 1 aromatic carbocycles. The van der Waals surface area contributed by atoms with Gasteiger partial charge in [-0.05, 0) is 25.3 Å². The molecule has 5 nitrogen and oxygen atoms in total. The molecule has 1 fully saturated rings. The molecule has 23 heavy (non-hydrogen) atoms. The van der Waals surface area contributed by atoms with Crippen molar-refractivity contribution >= 4 is 6.03 Å². The van der Waals surface area contributed by atoms with Crippen LogP contribution in [0.3, 0.4) is 0 Å². The molecule has 2 atom stereocenters. The minimum Gasteiger partial charge on any atom is -0.434 e. The summed E-state index contributed by atoms with van der Waals surface area (Å²) in [6, 6.07) is 5.55. The van der Waals surface area contributed by atoms with Crippen LogP contribution in [0.25, 0.3) is 0 Å². The number of rotatable bonds is 6.